The lowest BCUT2D eigenvalue weighted by molar-refractivity contribution is 0.177. The number of rotatable bonds is 4. The Morgan fingerprint density at radius 2 is 2.05 bits per heavy atom. The Morgan fingerprint density at radius 1 is 1.25 bits per heavy atom. The molecule has 3 nitrogen and oxygen atoms in total. The van der Waals surface area contributed by atoms with Gasteiger partial charge in [-0.3, -0.25) is 0 Å². The normalized spacial score (nSPS) is 12.5. The number of hydrogen-bond acceptors (Lipinski definition) is 4. The van der Waals surface area contributed by atoms with Crippen LogP contribution in [0.15, 0.2) is 52.5 Å². The van der Waals surface area contributed by atoms with Gasteiger partial charge >= 0.3 is 0 Å². The predicted octanol–water partition coefficient (Wildman–Crippen LogP) is 4.33. The maximum Gasteiger partial charge on any atom is 0.198 e. The molecule has 5 heteroatoms. The van der Waals surface area contributed by atoms with Crippen LogP contribution in [0.2, 0.25) is 5.22 Å². The van der Waals surface area contributed by atoms with E-state index in [1.807, 2.05) is 35.7 Å². The van der Waals surface area contributed by atoms with Crippen molar-refractivity contribution in [2.75, 3.05) is 0 Å². The highest BCUT2D eigenvalue weighted by molar-refractivity contribution is 7.09. The molecule has 1 aromatic carbocycles. The van der Waals surface area contributed by atoms with Crippen LogP contribution in [0.5, 0.6) is 0 Å². The molecule has 0 bridgehead atoms. The van der Waals surface area contributed by atoms with Gasteiger partial charge in [0.05, 0.1) is 23.1 Å². The van der Waals surface area contributed by atoms with Crippen molar-refractivity contribution < 1.29 is 9.52 Å². The molecule has 1 unspecified atom stereocenters. The molecule has 102 valence electrons. The molecule has 20 heavy (non-hydrogen) atoms. The van der Waals surface area contributed by atoms with Crippen LogP contribution < -0.4 is 0 Å². The summed E-state index contributed by atoms with van der Waals surface area (Å²) in [6.07, 6.45) is 1.20. The van der Waals surface area contributed by atoms with Crippen molar-refractivity contribution in [2.45, 2.75) is 12.5 Å². The minimum Gasteiger partial charge on any atom is -0.453 e. The molecule has 0 radical (unpaired) electrons. The van der Waals surface area contributed by atoms with Gasteiger partial charge in [0, 0.05) is 22.9 Å². The zero-order chi connectivity index (χ0) is 13.9. The van der Waals surface area contributed by atoms with E-state index < -0.39 is 6.10 Å². The van der Waals surface area contributed by atoms with E-state index in [9.17, 15) is 5.11 Å². The second-order valence-electron chi connectivity index (χ2n) is 4.36. The van der Waals surface area contributed by atoms with Crippen LogP contribution >= 0.6 is 22.9 Å². The highest BCUT2D eigenvalue weighted by atomic mass is 35.5. The molecule has 2 aromatic heterocycles. The van der Waals surface area contributed by atoms with Crippen LogP contribution in [0.3, 0.4) is 0 Å². The first kappa shape index (κ1) is 13.4. The summed E-state index contributed by atoms with van der Waals surface area (Å²) in [5.74, 6) is 0. The van der Waals surface area contributed by atoms with Crippen molar-refractivity contribution in [3.05, 3.63) is 63.8 Å². The van der Waals surface area contributed by atoms with E-state index in [0.717, 1.165) is 16.3 Å². The molecule has 0 aliphatic rings. The molecule has 0 aliphatic heterocycles. The van der Waals surface area contributed by atoms with E-state index >= 15 is 0 Å². The average Bonchev–Trinajstić information content (AvgIpc) is 3.09. The van der Waals surface area contributed by atoms with Gasteiger partial charge in [-0.1, -0.05) is 30.3 Å². The molecule has 0 saturated carbocycles. The summed E-state index contributed by atoms with van der Waals surface area (Å²) < 4.78 is 4.99. The minimum absolute atomic E-state index is 0.234. The summed E-state index contributed by atoms with van der Waals surface area (Å²) in [5.41, 5.74) is 2.60. The van der Waals surface area contributed by atoms with Crippen molar-refractivity contribution in [1.29, 1.82) is 0 Å². The molecular formula is C15H12ClNO2S. The van der Waals surface area contributed by atoms with Crippen LogP contribution in [0.1, 0.15) is 16.7 Å². The Morgan fingerprint density at radius 3 is 2.75 bits per heavy atom. The molecule has 0 aliphatic carbocycles. The smallest absolute Gasteiger partial charge is 0.198 e. The molecule has 0 fully saturated rings. The molecule has 0 amide bonds. The summed E-state index contributed by atoms with van der Waals surface area (Å²) >= 11 is 7.39. The quantitative estimate of drug-likeness (QED) is 0.780. The second-order valence-corrected chi connectivity index (χ2v) is 5.65. The van der Waals surface area contributed by atoms with Crippen LogP contribution in [0.4, 0.5) is 0 Å². The molecule has 0 spiro atoms. The van der Waals surface area contributed by atoms with E-state index in [2.05, 4.69) is 4.98 Å². The zero-order valence-corrected chi connectivity index (χ0v) is 12.1. The molecule has 1 atom stereocenters. The van der Waals surface area contributed by atoms with Gasteiger partial charge in [-0.25, -0.2) is 4.98 Å². The predicted molar refractivity (Wildman–Crippen MR) is 79.9 cm³/mol. The number of benzene rings is 1. The van der Waals surface area contributed by atoms with E-state index in [-0.39, 0.29) is 5.22 Å². The Labute approximate surface area is 125 Å². The van der Waals surface area contributed by atoms with Crippen molar-refractivity contribution >= 4 is 22.9 Å². The number of aromatic nitrogens is 1. The maximum absolute atomic E-state index is 10.1. The number of hydrogen-bond donors (Lipinski definition) is 1. The molecule has 3 rings (SSSR count). The van der Waals surface area contributed by atoms with Gasteiger partial charge in [-0.2, -0.15) is 0 Å². The lowest BCUT2D eigenvalue weighted by Gasteiger charge is -2.06. The van der Waals surface area contributed by atoms with E-state index in [1.54, 1.807) is 6.07 Å². The Hall–Kier alpha value is -1.62. The van der Waals surface area contributed by atoms with Gasteiger partial charge in [-0.05, 0) is 17.7 Å². The van der Waals surface area contributed by atoms with E-state index in [1.165, 1.54) is 17.6 Å². The van der Waals surface area contributed by atoms with E-state index in [4.69, 9.17) is 16.0 Å². The van der Waals surface area contributed by atoms with Crippen LogP contribution in [0, 0.1) is 0 Å². The third-order valence-corrected chi connectivity index (χ3v) is 4.17. The standard InChI is InChI=1S/C15H12ClNO2S/c16-15-11(6-7-19-15)13(18)8-14-17-12(9-20-14)10-4-2-1-3-5-10/h1-7,9,13,18H,8H2. The first-order valence-electron chi connectivity index (χ1n) is 6.15. The largest absolute Gasteiger partial charge is 0.453 e. The number of aliphatic hydroxyl groups is 1. The van der Waals surface area contributed by atoms with Gasteiger partial charge < -0.3 is 9.52 Å². The fourth-order valence-corrected chi connectivity index (χ4v) is 3.05. The molecule has 3 aromatic rings. The number of halogens is 1. The number of aliphatic hydroxyl groups excluding tert-OH is 1. The van der Waals surface area contributed by atoms with Crippen molar-refractivity contribution in [2.24, 2.45) is 0 Å². The average molecular weight is 306 g/mol. The summed E-state index contributed by atoms with van der Waals surface area (Å²) in [5, 5.41) is 13.2. The summed E-state index contributed by atoms with van der Waals surface area (Å²) in [4.78, 5) is 4.54. The van der Waals surface area contributed by atoms with Crippen molar-refractivity contribution in [3.8, 4) is 11.3 Å². The molecule has 0 saturated heterocycles. The van der Waals surface area contributed by atoms with E-state index in [0.29, 0.717) is 12.0 Å². The Kier molecular flexibility index (Phi) is 3.87. The third kappa shape index (κ3) is 2.77. The fourth-order valence-electron chi connectivity index (χ4n) is 1.96. The third-order valence-electron chi connectivity index (χ3n) is 2.99. The molecular weight excluding hydrogens is 294 g/mol. The molecule has 1 N–H and O–H groups in total. The maximum atomic E-state index is 10.1. The first-order valence-corrected chi connectivity index (χ1v) is 7.40. The Balaban J connectivity index is 1.76. The second kappa shape index (κ2) is 5.79. The number of thiazole rings is 1. The van der Waals surface area contributed by atoms with Crippen LogP contribution in [-0.4, -0.2) is 10.1 Å². The minimum atomic E-state index is -0.698. The lowest BCUT2D eigenvalue weighted by atomic mass is 10.1. The monoisotopic (exact) mass is 305 g/mol. The lowest BCUT2D eigenvalue weighted by Crippen LogP contribution is -2.00. The van der Waals surface area contributed by atoms with Gasteiger partial charge in [0.2, 0.25) is 0 Å². The first-order chi connectivity index (χ1) is 9.74. The SMILES string of the molecule is OC(Cc1nc(-c2ccccc2)cs1)c1ccoc1Cl. The highest BCUT2D eigenvalue weighted by Gasteiger charge is 2.16. The van der Waals surface area contributed by atoms with Crippen molar-refractivity contribution in [1.82, 2.24) is 4.98 Å². The number of furan rings is 1. The fraction of sp³-hybridized carbons (Fsp3) is 0.133. The van der Waals surface area contributed by atoms with Gasteiger partial charge in [-0.15, -0.1) is 11.3 Å². The van der Waals surface area contributed by atoms with Gasteiger partial charge in [0.25, 0.3) is 0 Å². The Bertz CT molecular complexity index is 693. The zero-order valence-electron chi connectivity index (χ0n) is 10.5. The van der Waals surface area contributed by atoms with Gasteiger partial charge in [0.1, 0.15) is 0 Å². The highest BCUT2D eigenvalue weighted by Crippen LogP contribution is 2.29. The van der Waals surface area contributed by atoms with Crippen LogP contribution in [-0.2, 0) is 6.42 Å². The molecule has 2 heterocycles. The van der Waals surface area contributed by atoms with Crippen molar-refractivity contribution in [3.63, 3.8) is 0 Å². The number of nitrogens with zero attached hydrogens (tertiary/aromatic N) is 1. The summed E-state index contributed by atoms with van der Waals surface area (Å²) in [6.45, 7) is 0. The van der Waals surface area contributed by atoms with Gasteiger partial charge in [0.15, 0.2) is 5.22 Å². The summed E-state index contributed by atoms with van der Waals surface area (Å²) in [7, 11) is 0. The van der Waals surface area contributed by atoms with Crippen LogP contribution in [0.25, 0.3) is 11.3 Å². The summed E-state index contributed by atoms with van der Waals surface area (Å²) in [6, 6.07) is 11.6. The topological polar surface area (TPSA) is 46.3 Å².